The van der Waals surface area contributed by atoms with Crippen LogP contribution in [0, 0.1) is 11.8 Å². The first-order valence-electron chi connectivity index (χ1n) is 7.51. The van der Waals surface area contributed by atoms with Gasteiger partial charge in [-0.3, -0.25) is 4.79 Å². The zero-order chi connectivity index (χ0) is 15.7. The van der Waals surface area contributed by atoms with Gasteiger partial charge in [0.05, 0.1) is 7.11 Å². The minimum Gasteiger partial charge on any atom is -0.497 e. The van der Waals surface area contributed by atoms with Crippen molar-refractivity contribution in [3.05, 3.63) is 48.0 Å². The smallest absolute Gasteiger partial charge is 0.224 e. The summed E-state index contributed by atoms with van der Waals surface area (Å²) in [6.45, 7) is 2.10. The summed E-state index contributed by atoms with van der Waals surface area (Å²) >= 11 is 0. The van der Waals surface area contributed by atoms with Crippen molar-refractivity contribution in [1.82, 2.24) is 14.9 Å². The monoisotopic (exact) mass is 299 g/mol. The summed E-state index contributed by atoms with van der Waals surface area (Å²) in [5, 5.41) is 3.14. The second kappa shape index (κ2) is 5.83. The van der Waals surface area contributed by atoms with Gasteiger partial charge >= 0.3 is 0 Å². The number of amides is 1. The van der Waals surface area contributed by atoms with Crippen LogP contribution in [-0.2, 0) is 11.8 Å². The topological polar surface area (TPSA) is 56.1 Å². The van der Waals surface area contributed by atoms with Crippen LogP contribution in [0.4, 0.5) is 0 Å². The maximum absolute atomic E-state index is 12.4. The molecule has 1 N–H and O–H groups in total. The van der Waals surface area contributed by atoms with Crippen LogP contribution in [0.25, 0.3) is 0 Å². The number of imidazole rings is 1. The quantitative estimate of drug-likeness (QED) is 0.921. The Morgan fingerprint density at radius 2 is 2.27 bits per heavy atom. The predicted molar refractivity (Wildman–Crippen MR) is 83.5 cm³/mol. The Hall–Kier alpha value is -2.30. The number of hydrogen-bond donors (Lipinski definition) is 1. The lowest BCUT2D eigenvalue weighted by atomic mass is 10.1. The molecule has 3 atom stereocenters. The summed E-state index contributed by atoms with van der Waals surface area (Å²) in [6, 6.07) is 7.48. The molecule has 0 saturated heterocycles. The number of benzene rings is 1. The van der Waals surface area contributed by atoms with Gasteiger partial charge in [-0.25, -0.2) is 4.98 Å². The number of methoxy groups -OCH3 is 1. The van der Waals surface area contributed by atoms with Crippen LogP contribution < -0.4 is 10.1 Å². The molecule has 116 valence electrons. The van der Waals surface area contributed by atoms with Gasteiger partial charge in [0.15, 0.2) is 0 Å². The molecule has 3 rings (SSSR count). The van der Waals surface area contributed by atoms with Crippen LogP contribution in [0.2, 0.25) is 0 Å². The number of carbonyl (C=O) groups is 1. The van der Waals surface area contributed by atoms with Gasteiger partial charge in [0, 0.05) is 25.4 Å². The zero-order valence-corrected chi connectivity index (χ0v) is 13.1. The first kappa shape index (κ1) is 14.6. The number of nitrogens with one attached hydrogen (secondary N) is 1. The van der Waals surface area contributed by atoms with Crippen LogP contribution in [0.15, 0.2) is 36.7 Å². The number of aromatic nitrogens is 2. The molecule has 1 aliphatic rings. The lowest BCUT2D eigenvalue weighted by molar-refractivity contribution is -0.123. The fourth-order valence-electron chi connectivity index (χ4n) is 2.71. The van der Waals surface area contributed by atoms with Gasteiger partial charge in [-0.1, -0.05) is 19.1 Å². The van der Waals surface area contributed by atoms with Crippen molar-refractivity contribution in [1.29, 1.82) is 0 Å². The zero-order valence-electron chi connectivity index (χ0n) is 13.1. The first-order chi connectivity index (χ1) is 10.6. The highest BCUT2D eigenvalue weighted by molar-refractivity contribution is 5.82. The normalized spacial score (nSPS) is 21.2. The van der Waals surface area contributed by atoms with Gasteiger partial charge in [0.2, 0.25) is 5.91 Å². The molecule has 1 aromatic heterocycles. The molecule has 1 aromatic carbocycles. The number of nitrogens with zero attached hydrogens (tertiary/aromatic N) is 2. The fraction of sp³-hybridized carbons (Fsp3) is 0.412. The number of aryl methyl sites for hydroxylation is 1. The van der Waals surface area contributed by atoms with Crippen molar-refractivity contribution in [3.8, 4) is 5.75 Å². The third-order valence-electron chi connectivity index (χ3n) is 4.28. The highest BCUT2D eigenvalue weighted by atomic mass is 16.5. The summed E-state index contributed by atoms with van der Waals surface area (Å²) < 4.78 is 7.23. The van der Waals surface area contributed by atoms with Crippen molar-refractivity contribution >= 4 is 5.91 Å². The van der Waals surface area contributed by atoms with Gasteiger partial charge in [0.25, 0.3) is 0 Å². The van der Waals surface area contributed by atoms with Gasteiger partial charge in [-0.2, -0.15) is 0 Å². The number of ether oxygens (including phenoxy) is 1. The van der Waals surface area contributed by atoms with Gasteiger partial charge in [-0.15, -0.1) is 0 Å². The molecule has 1 saturated carbocycles. The summed E-state index contributed by atoms with van der Waals surface area (Å²) in [4.78, 5) is 16.8. The molecule has 1 heterocycles. The molecule has 0 bridgehead atoms. The average molecular weight is 299 g/mol. The highest BCUT2D eigenvalue weighted by Gasteiger charge is 2.40. The summed E-state index contributed by atoms with van der Waals surface area (Å²) in [5.74, 6) is 2.30. The van der Waals surface area contributed by atoms with Crippen LogP contribution in [0.5, 0.6) is 5.75 Å². The number of hydrogen-bond acceptors (Lipinski definition) is 3. The maximum atomic E-state index is 12.4. The summed E-state index contributed by atoms with van der Waals surface area (Å²) in [5.41, 5.74) is 0.968. The molecule has 0 radical (unpaired) electrons. The molecular formula is C17H21N3O2. The Balaban J connectivity index is 1.92. The number of carbonyl (C=O) groups excluding carboxylic acids is 1. The van der Waals surface area contributed by atoms with Crippen LogP contribution >= 0.6 is 0 Å². The van der Waals surface area contributed by atoms with Crippen molar-refractivity contribution in [2.75, 3.05) is 7.11 Å². The lowest BCUT2D eigenvalue weighted by Gasteiger charge is -2.20. The van der Waals surface area contributed by atoms with Gasteiger partial charge in [-0.05, 0) is 30.0 Å². The van der Waals surface area contributed by atoms with Crippen LogP contribution in [0.3, 0.4) is 0 Å². The van der Waals surface area contributed by atoms with E-state index in [2.05, 4.69) is 17.2 Å². The predicted octanol–water partition coefficient (Wildman–Crippen LogP) is 2.29. The largest absolute Gasteiger partial charge is 0.497 e. The third kappa shape index (κ3) is 2.84. The second-order valence-electron chi connectivity index (χ2n) is 5.93. The Labute approximate surface area is 130 Å². The van der Waals surface area contributed by atoms with E-state index < -0.39 is 0 Å². The minimum atomic E-state index is -0.268. The van der Waals surface area contributed by atoms with Crippen molar-refractivity contribution < 1.29 is 9.53 Å². The maximum Gasteiger partial charge on any atom is 0.224 e. The Kier molecular flexibility index (Phi) is 3.88. The SMILES string of the molecule is COc1cccc(C(NC(=O)C2CC2C)c2nccn2C)c1. The van der Waals surface area contributed by atoms with E-state index in [1.165, 1.54) is 0 Å². The molecule has 0 spiro atoms. The Morgan fingerprint density at radius 3 is 2.86 bits per heavy atom. The molecule has 3 unspecified atom stereocenters. The van der Waals surface area contributed by atoms with E-state index in [0.29, 0.717) is 5.92 Å². The number of rotatable bonds is 5. The highest BCUT2D eigenvalue weighted by Crippen LogP contribution is 2.38. The fourth-order valence-corrected chi connectivity index (χ4v) is 2.71. The second-order valence-corrected chi connectivity index (χ2v) is 5.93. The Morgan fingerprint density at radius 1 is 1.50 bits per heavy atom. The molecular weight excluding hydrogens is 278 g/mol. The van der Waals surface area contributed by atoms with Crippen LogP contribution in [-0.4, -0.2) is 22.6 Å². The van der Waals surface area contributed by atoms with E-state index in [1.807, 2.05) is 42.1 Å². The van der Waals surface area contributed by atoms with Crippen molar-refractivity contribution in [3.63, 3.8) is 0 Å². The van der Waals surface area contributed by atoms with E-state index in [1.54, 1.807) is 13.3 Å². The van der Waals surface area contributed by atoms with Gasteiger partial charge < -0.3 is 14.6 Å². The molecule has 2 aromatic rings. The van der Waals surface area contributed by atoms with E-state index in [-0.39, 0.29) is 17.9 Å². The molecule has 5 heteroatoms. The van der Waals surface area contributed by atoms with E-state index in [0.717, 1.165) is 23.6 Å². The van der Waals surface area contributed by atoms with Crippen molar-refractivity contribution in [2.45, 2.75) is 19.4 Å². The standard InChI is InChI=1S/C17H21N3O2/c1-11-9-14(11)17(21)19-15(16-18-7-8-20(16)2)12-5-4-6-13(10-12)22-3/h4-8,10-11,14-15H,9H2,1-3H3,(H,19,21). The molecule has 1 amide bonds. The molecule has 22 heavy (non-hydrogen) atoms. The summed E-state index contributed by atoms with van der Waals surface area (Å²) in [6.07, 6.45) is 4.60. The molecule has 1 fully saturated rings. The molecule has 0 aliphatic heterocycles. The lowest BCUT2D eigenvalue weighted by Crippen LogP contribution is -2.32. The van der Waals surface area contributed by atoms with Crippen LogP contribution in [0.1, 0.15) is 30.8 Å². The van der Waals surface area contributed by atoms with Crippen molar-refractivity contribution in [2.24, 2.45) is 18.9 Å². The Bertz CT molecular complexity index is 680. The molecule has 5 nitrogen and oxygen atoms in total. The average Bonchev–Trinajstić information content (AvgIpc) is 3.11. The third-order valence-corrected chi connectivity index (χ3v) is 4.28. The molecule has 1 aliphatic carbocycles. The van der Waals surface area contributed by atoms with Gasteiger partial charge in [0.1, 0.15) is 17.6 Å². The van der Waals surface area contributed by atoms with E-state index >= 15 is 0 Å². The summed E-state index contributed by atoms with van der Waals surface area (Å²) in [7, 11) is 3.57. The minimum absolute atomic E-state index is 0.100. The van der Waals surface area contributed by atoms with E-state index in [4.69, 9.17) is 4.74 Å². The van der Waals surface area contributed by atoms with E-state index in [9.17, 15) is 4.79 Å². The first-order valence-corrected chi connectivity index (χ1v) is 7.51.